The Hall–Kier alpha value is -2.44. The molecule has 2 unspecified atom stereocenters. The van der Waals surface area contributed by atoms with E-state index in [9.17, 15) is 0 Å². The standard InChI is InChI=1S/C22H32N6/c23-17-1-5-21(6-2-17)27-13-9-19(15-27)25-11-12-26-20-10-14-28(16-20)22-7-3-18(24)4-8-22/h1-8,19-20,25-26H,9-16,23-24H2. The van der Waals surface area contributed by atoms with Crippen molar-refractivity contribution in [2.75, 3.05) is 60.5 Å². The molecule has 2 fully saturated rings. The Morgan fingerprint density at radius 2 is 1.07 bits per heavy atom. The Balaban J connectivity index is 1.14. The predicted molar refractivity (Wildman–Crippen MR) is 119 cm³/mol. The lowest BCUT2D eigenvalue weighted by atomic mass is 10.2. The number of rotatable bonds is 7. The van der Waals surface area contributed by atoms with Crippen LogP contribution in [0.5, 0.6) is 0 Å². The van der Waals surface area contributed by atoms with Gasteiger partial charge in [0.05, 0.1) is 0 Å². The molecule has 2 atom stereocenters. The number of benzene rings is 2. The molecule has 6 heteroatoms. The van der Waals surface area contributed by atoms with Gasteiger partial charge in [-0.1, -0.05) is 0 Å². The van der Waals surface area contributed by atoms with Crippen molar-refractivity contribution in [3.05, 3.63) is 48.5 Å². The summed E-state index contributed by atoms with van der Waals surface area (Å²) >= 11 is 0. The van der Waals surface area contributed by atoms with Gasteiger partial charge in [0, 0.05) is 74.1 Å². The molecule has 2 aliphatic heterocycles. The first-order chi connectivity index (χ1) is 13.7. The number of hydrogen-bond acceptors (Lipinski definition) is 6. The third-order valence-corrected chi connectivity index (χ3v) is 5.88. The van der Waals surface area contributed by atoms with Crippen LogP contribution in [-0.4, -0.2) is 51.4 Å². The van der Waals surface area contributed by atoms with Crippen LogP contribution < -0.4 is 31.9 Å². The molecule has 150 valence electrons. The molecule has 0 saturated carbocycles. The zero-order valence-corrected chi connectivity index (χ0v) is 16.5. The average Bonchev–Trinajstić information content (AvgIpc) is 3.36. The highest BCUT2D eigenvalue weighted by Gasteiger charge is 2.23. The molecular weight excluding hydrogens is 348 g/mol. The van der Waals surface area contributed by atoms with Gasteiger partial charge in [-0.25, -0.2) is 0 Å². The van der Waals surface area contributed by atoms with E-state index >= 15 is 0 Å². The molecule has 2 aliphatic rings. The first-order valence-electron chi connectivity index (χ1n) is 10.3. The molecular formula is C22H32N6. The molecule has 6 nitrogen and oxygen atoms in total. The Kier molecular flexibility index (Phi) is 5.88. The van der Waals surface area contributed by atoms with Gasteiger partial charge in [-0.15, -0.1) is 0 Å². The summed E-state index contributed by atoms with van der Waals surface area (Å²) < 4.78 is 0. The molecule has 0 radical (unpaired) electrons. The summed E-state index contributed by atoms with van der Waals surface area (Å²) in [6, 6.07) is 17.5. The molecule has 2 aromatic rings. The minimum absolute atomic E-state index is 0.564. The van der Waals surface area contributed by atoms with Crippen molar-refractivity contribution < 1.29 is 0 Å². The van der Waals surface area contributed by atoms with E-state index in [4.69, 9.17) is 11.5 Å². The summed E-state index contributed by atoms with van der Waals surface area (Å²) in [6.45, 7) is 6.37. The van der Waals surface area contributed by atoms with Crippen LogP contribution in [0, 0.1) is 0 Å². The van der Waals surface area contributed by atoms with Crippen LogP contribution in [-0.2, 0) is 0 Å². The smallest absolute Gasteiger partial charge is 0.0368 e. The van der Waals surface area contributed by atoms with E-state index < -0.39 is 0 Å². The quantitative estimate of drug-likeness (QED) is 0.434. The van der Waals surface area contributed by atoms with Gasteiger partial charge in [0.1, 0.15) is 0 Å². The summed E-state index contributed by atoms with van der Waals surface area (Å²) in [7, 11) is 0. The normalized spacial score (nSPS) is 22.1. The van der Waals surface area contributed by atoms with Gasteiger partial charge in [0.25, 0.3) is 0 Å². The van der Waals surface area contributed by atoms with Crippen LogP contribution in [0.15, 0.2) is 48.5 Å². The Morgan fingerprint density at radius 1 is 0.679 bits per heavy atom. The number of nitrogens with one attached hydrogen (secondary N) is 2. The molecule has 2 saturated heterocycles. The van der Waals surface area contributed by atoms with Crippen molar-refractivity contribution >= 4 is 22.7 Å². The van der Waals surface area contributed by atoms with Crippen molar-refractivity contribution in [3.63, 3.8) is 0 Å². The van der Waals surface area contributed by atoms with Crippen LogP contribution in [0.3, 0.4) is 0 Å². The number of hydrogen-bond donors (Lipinski definition) is 4. The Bertz CT molecular complexity index is 679. The van der Waals surface area contributed by atoms with E-state index in [1.54, 1.807) is 0 Å². The molecule has 2 heterocycles. The zero-order valence-electron chi connectivity index (χ0n) is 16.5. The highest BCUT2D eigenvalue weighted by Crippen LogP contribution is 2.22. The number of nitrogen functional groups attached to an aromatic ring is 2. The lowest BCUT2D eigenvalue weighted by molar-refractivity contribution is 0.495. The largest absolute Gasteiger partial charge is 0.399 e. The Morgan fingerprint density at radius 3 is 1.46 bits per heavy atom. The van der Waals surface area contributed by atoms with Gasteiger partial charge in [0.2, 0.25) is 0 Å². The molecule has 0 amide bonds. The summed E-state index contributed by atoms with van der Waals surface area (Å²) in [4.78, 5) is 4.87. The number of nitrogens with two attached hydrogens (primary N) is 2. The summed E-state index contributed by atoms with van der Waals surface area (Å²) in [6.07, 6.45) is 2.39. The first-order valence-corrected chi connectivity index (χ1v) is 10.3. The van der Waals surface area contributed by atoms with Crippen LogP contribution in [0.4, 0.5) is 22.7 Å². The van der Waals surface area contributed by atoms with Crippen molar-refractivity contribution in [1.82, 2.24) is 10.6 Å². The van der Waals surface area contributed by atoms with Gasteiger partial charge >= 0.3 is 0 Å². The molecule has 28 heavy (non-hydrogen) atoms. The highest BCUT2D eigenvalue weighted by atomic mass is 15.2. The number of nitrogens with zero attached hydrogens (tertiary/aromatic N) is 2. The lowest BCUT2D eigenvalue weighted by Gasteiger charge is -2.20. The molecule has 6 N–H and O–H groups in total. The van der Waals surface area contributed by atoms with Crippen LogP contribution in [0.25, 0.3) is 0 Å². The molecule has 0 aromatic heterocycles. The average molecular weight is 381 g/mol. The minimum Gasteiger partial charge on any atom is -0.399 e. The summed E-state index contributed by atoms with van der Waals surface area (Å²) in [5, 5.41) is 7.42. The second kappa shape index (κ2) is 8.71. The van der Waals surface area contributed by atoms with E-state index in [1.165, 1.54) is 24.2 Å². The summed E-state index contributed by atoms with van der Waals surface area (Å²) in [5.74, 6) is 0. The van der Waals surface area contributed by atoms with Gasteiger partial charge < -0.3 is 31.9 Å². The number of anilines is 4. The second-order valence-corrected chi connectivity index (χ2v) is 7.95. The molecule has 0 aliphatic carbocycles. The minimum atomic E-state index is 0.564. The SMILES string of the molecule is Nc1ccc(N2CCC(NCCNC3CCN(c4ccc(N)cc4)C3)C2)cc1. The maximum atomic E-state index is 5.79. The van der Waals surface area contributed by atoms with E-state index in [0.717, 1.165) is 50.6 Å². The maximum absolute atomic E-state index is 5.79. The Labute approximate surface area is 167 Å². The highest BCUT2D eigenvalue weighted by molar-refractivity contribution is 5.54. The van der Waals surface area contributed by atoms with E-state index in [2.05, 4.69) is 44.7 Å². The van der Waals surface area contributed by atoms with Crippen molar-refractivity contribution in [2.45, 2.75) is 24.9 Å². The van der Waals surface area contributed by atoms with Crippen LogP contribution in [0.2, 0.25) is 0 Å². The predicted octanol–water partition coefficient (Wildman–Crippen LogP) is 1.89. The fraction of sp³-hybridized carbons (Fsp3) is 0.455. The zero-order chi connectivity index (χ0) is 19.3. The fourth-order valence-corrected chi connectivity index (χ4v) is 4.25. The van der Waals surface area contributed by atoms with Crippen LogP contribution >= 0.6 is 0 Å². The van der Waals surface area contributed by atoms with Gasteiger partial charge in [-0.05, 0) is 61.4 Å². The second-order valence-electron chi connectivity index (χ2n) is 7.95. The van der Waals surface area contributed by atoms with Gasteiger partial charge in [-0.3, -0.25) is 0 Å². The van der Waals surface area contributed by atoms with Gasteiger partial charge in [0.15, 0.2) is 0 Å². The fourth-order valence-electron chi connectivity index (χ4n) is 4.25. The summed E-state index contributed by atoms with van der Waals surface area (Å²) in [5.41, 5.74) is 15.8. The first kappa shape index (κ1) is 18.9. The van der Waals surface area contributed by atoms with E-state index in [0.29, 0.717) is 12.1 Å². The van der Waals surface area contributed by atoms with E-state index in [-0.39, 0.29) is 0 Å². The monoisotopic (exact) mass is 380 g/mol. The van der Waals surface area contributed by atoms with Crippen molar-refractivity contribution in [1.29, 1.82) is 0 Å². The third-order valence-electron chi connectivity index (χ3n) is 5.88. The molecule has 0 bridgehead atoms. The maximum Gasteiger partial charge on any atom is 0.0368 e. The lowest BCUT2D eigenvalue weighted by Crippen LogP contribution is -2.40. The topological polar surface area (TPSA) is 82.6 Å². The van der Waals surface area contributed by atoms with Crippen molar-refractivity contribution in [3.8, 4) is 0 Å². The molecule has 0 spiro atoms. The van der Waals surface area contributed by atoms with E-state index in [1.807, 2.05) is 24.3 Å². The van der Waals surface area contributed by atoms with Crippen molar-refractivity contribution in [2.24, 2.45) is 0 Å². The molecule has 2 aromatic carbocycles. The third kappa shape index (κ3) is 4.69. The van der Waals surface area contributed by atoms with Crippen LogP contribution in [0.1, 0.15) is 12.8 Å². The molecule has 4 rings (SSSR count). The van der Waals surface area contributed by atoms with Gasteiger partial charge in [-0.2, -0.15) is 0 Å².